The van der Waals surface area contributed by atoms with Gasteiger partial charge in [0.05, 0.1) is 31.1 Å². The molecule has 0 spiro atoms. The molecule has 1 aromatic rings. The van der Waals surface area contributed by atoms with Gasteiger partial charge in [-0.25, -0.2) is 4.99 Å². The summed E-state index contributed by atoms with van der Waals surface area (Å²) in [7, 11) is 3.78. The standard InChI is InChI=1S/C21H31N3O4/c1-21(2,3)20(25)27-14-24-12-17-18(22-13-24)10-16(26-5)11-19(17)28-15-6-8-23(4)9-7-15/h10-11,13,15H,6-9,12,14H2,1-5H3. The lowest BCUT2D eigenvalue weighted by atomic mass is 9.98. The molecule has 0 saturated carbocycles. The van der Waals surface area contributed by atoms with Gasteiger partial charge < -0.3 is 24.0 Å². The number of rotatable bonds is 5. The van der Waals surface area contributed by atoms with Gasteiger partial charge in [-0.05, 0) is 40.7 Å². The van der Waals surface area contributed by atoms with Crippen molar-refractivity contribution in [1.29, 1.82) is 0 Å². The van der Waals surface area contributed by atoms with Crippen LogP contribution in [-0.4, -0.2) is 62.2 Å². The van der Waals surface area contributed by atoms with E-state index in [1.165, 1.54) is 0 Å². The third-order valence-electron chi connectivity index (χ3n) is 5.05. The van der Waals surface area contributed by atoms with Gasteiger partial charge in [-0.15, -0.1) is 0 Å². The quantitative estimate of drug-likeness (QED) is 0.721. The number of likely N-dealkylation sites (tertiary alicyclic amines) is 1. The van der Waals surface area contributed by atoms with E-state index in [1.54, 1.807) is 13.4 Å². The van der Waals surface area contributed by atoms with Gasteiger partial charge in [-0.1, -0.05) is 0 Å². The predicted octanol–water partition coefficient (Wildman–Crippen LogP) is 3.19. The molecule has 3 rings (SSSR count). The second-order valence-corrected chi connectivity index (χ2v) is 8.55. The molecular formula is C21H31N3O4. The Kier molecular flexibility index (Phi) is 6.13. The molecule has 0 bridgehead atoms. The molecule has 0 amide bonds. The smallest absolute Gasteiger partial charge is 0.312 e. The first-order chi connectivity index (χ1) is 13.3. The molecule has 0 radical (unpaired) electrons. The number of carbonyl (C=O) groups is 1. The van der Waals surface area contributed by atoms with Crippen LogP contribution < -0.4 is 9.47 Å². The number of piperidine rings is 1. The van der Waals surface area contributed by atoms with Crippen molar-refractivity contribution in [2.75, 3.05) is 34.0 Å². The number of fused-ring (bicyclic) bond motifs is 1. The number of nitrogens with zero attached hydrogens (tertiary/aromatic N) is 3. The largest absolute Gasteiger partial charge is 0.497 e. The highest BCUT2D eigenvalue weighted by molar-refractivity contribution is 5.76. The van der Waals surface area contributed by atoms with E-state index in [0.717, 1.165) is 48.7 Å². The van der Waals surface area contributed by atoms with Crippen molar-refractivity contribution in [3.63, 3.8) is 0 Å². The molecule has 0 unspecified atom stereocenters. The van der Waals surface area contributed by atoms with E-state index in [9.17, 15) is 4.79 Å². The molecule has 7 heteroatoms. The predicted molar refractivity (Wildman–Crippen MR) is 108 cm³/mol. The summed E-state index contributed by atoms with van der Waals surface area (Å²) in [6.07, 6.45) is 3.89. The number of aliphatic imine (C=N–C) groups is 1. The summed E-state index contributed by atoms with van der Waals surface area (Å²) < 4.78 is 17.2. The Balaban J connectivity index is 1.73. The third-order valence-corrected chi connectivity index (χ3v) is 5.05. The normalized spacial score (nSPS) is 18.0. The van der Waals surface area contributed by atoms with Crippen LogP contribution in [0.3, 0.4) is 0 Å². The zero-order valence-corrected chi connectivity index (χ0v) is 17.5. The molecule has 28 heavy (non-hydrogen) atoms. The second-order valence-electron chi connectivity index (χ2n) is 8.55. The fourth-order valence-electron chi connectivity index (χ4n) is 3.21. The van der Waals surface area contributed by atoms with Crippen molar-refractivity contribution < 1.29 is 19.0 Å². The monoisotopic (exact) mass is 389 g/mol. The molecule has 1 saturated heterocycles. The average Bonchev–Trinajstić information content (AvgIpc) is 2.67. The number of methoxy groups -OCH3 is 1. The molecule has 7 nitrogen and oxygen atoms in total. The summed E-state index contributed by atoms with van der Waals surface area (Å²) in [4.78, 5) is 20.8. The minimum Gasteiger partial charge on any atom is -0.497 e. The summed E-state index contributed by atoms with van der Waals surface area (Å²) >= 11 is 0. The van der Waals surface area contributed by atoms with Crippen LogP contribution in [0.1, 0.15) is 39.2 Å². The highest BCUT2D eigenvalue weighted by atomic mass is 16.5. The van der Waals surface area contributed by atoms with E-state index < -0.39 is 5.41 Å². The van der Waals surface area contributed by atoms with Crippen molar-refractivity contribution >= 4 is 18.0 Å². The molecule has 1 aromatic carbocycles. The topological polar surface area (TPSA) is 63.6 Å². The zero-order valence-electron chi connectivity index (χ0n) is 17.5. The maximum Gasteiger partial charge on any atom is 0.312 e. The van der Waals surface area contributed by atoms with Crippen LogP contribution in [0.4, 0.5) is 5.69 Å². The number of carbonyl (C=O) groups excluding carboxylic acids is 1. The fourth-order valence-corrected chi connectivity index (χ4v) is 3.21. The summed E-state index contributed by atoms with van der Waals surface area (Å²) in [5.41, 5.74) is 1.30. The zero-order chi connectivity index (χ0) is 20.3. The van der Waals surface area contributed by atoms with Gasteiger partial charge in [0.15, 0.2) is 6.73 Å². The molecule has 0 N–H and O–H groups in total. The SMILES string of the molecule is COc1cc2c(c(OC3CCN(C)CC3)c1)CN(COC(=O)C(C)(C)C)C=N2. The first-order valence-electron chi connectivity index (χ1n) is 9.78. The lowest BCUT2D eigenvalue weighted by Gasteiger charge is -2.31. The maximum absolute atomic E-state index is 12.1. The van der Waals surface area contributed by atoms with Crippen LogP contribution >= 0.6 is 0 Å². The van der Waals surface area contributed by atoms with Crippen molar-refractivity contribution in [3.05, 3.63) is 17.7 Å². The molecule has 0 atom stereocenters. The lowest BCUT2D eigenvalue weighted by Crippen LogP contribution is -2.36. The molecular weight excluding hydrogens is 358 g/mol. The van der Waals surface area contributed by atoms with Gasteiger partial charge in [0, 0.05) is 30.8 Å². The molecule has 2 heterocycles. The van der Waals surface area contributed by atoms with Gasteiger partial charge in [0.1, 0.15) is 17.6 Å². The molecule has 2 aliphatic rings. The van der Waals surface area contributed by atoms with Gasteiger partial charge >= 0.3 is 5.97 Å². The summed E-state index contributed by atoms with van der Waals surface area (Å²) in [5, 5.41) is 0. The maximum atomic E-state index is 12.1. The first kappa shape index (κ1) is 20.5. The molecule has 1 fully saturated rings. The highest BCUT2D eigenvalue weighted by Gasteiger charge is 2.26. The van der Waals surface area contributed by atoms with Crippen LogP contribution in [-0.2, 0) is 16.1 Å². The Bertz CT molecular complexity index is 734. The number of benzene rings is 1. The van der Waals surface area contributed by atoms with Gasteiger partial charge in [-0.3, -0.25) is 4.79 Å². The Hall–Kier alpha value is -2.28. The van der Waals surface area contributed by atoms with Crippen LogP contribution in [0.15, 0.2) is 17.1 Å². The van der Waals surface area contributed by atoms with E-state index in [-0.39, 0.29) is 18.8 Å². The first-order valence-corrected chi connectivity index (χ1v) is 9.78. The lowest BCUT2D eigenvalue weighted by molar-refractivity contribution is -0.156. The van der Waals surface area contributed by atoms with Crippen molar-refractivity contribution in [3.8, 4) is 11.5 Å². The summed E-state index contributed by atoms with van der Waals surface area (Å²) in [5.74, 6) is 1.29. The number of esters is 1. The van der Waals surface area contributed by atoms with Gasteiger partial charge in [0.25, 0.3) is 0 Å². The van der Waals surface area contributed by atoms with Crippen molar-refractivity contribution in [1.82, 2.24) is 9.80 Å². The van der Waals surface area contributed by atoms with E-state index in [4.69, 9.17) is 14.2 Å². The third kappa shape index (κ3) is 4.95. The molecule has 0 aliphatic carbocycles. The average molecular weight is 389 g/mol. The van der Waals surface area contributed by atoms with Crippen LogP contribution in [0.2, 0.25) is 0 Å². The minimum absolute atomic E-state index is 0.165. The van der Waals surface area contributed by atoms with Gasteiger partial charge in [-0.2, -0.15) is 0 Å². The van der Waals surface area contributed by atoms with E-state index in [1.807, 2.05) is 37.8 Å². The summed E-state index contributed by atoms with van der Waals surface area (Å²) in [6, 6.07) is 3.84. The van der Waals surface area contributed by atoms with E-state index in [0.29, 0.717) is 6.54 Å². The van der Waals surface area contributed by atoms with Crippen LogP contribution in [0.5, 0.6) is 11.5 Å². The molecule has 154 valence electrons. The number of ether oxygens (including phenoxy) is 3. The highest BCUT2D eigenvalue weighted by Crippen LogP contribution is 2.38. The van der Waals surface area contributed by atoms with Crippen molar-refractivity contribution in [2.24, 2.45) is 10.4 Å². The van der Waals surface area contributed by atoms with E-state index >= 15 is 0 Å². The number of hydrogen-bond acceptors (Lipinski definition) is 7. The minimum atomic E-state index is -0.527. The number of hydrogen-bond donors (Lipinski definition) is 0. The van der Waals surface area contributed by atoms with Crippen LogP contribution in [0.25, 0.3) is 0 Å². The molecule has 0 aromatic heterocycles. The van der Waals surface area contributed by atoms with Crippen LogP contribution in [0, 0.1) is 5.41 Å². The second kappa shape index (κ2) is 8.39. The van der Waals surface area contributed by atoms with Crippen molar-refractivity contribution in [2.45, 2.75) is 46.3 Å². The Morgan fingerprint density at radius 3 is 2.61 bits per heavy atom. The van der Waals surface area contributed by atoms with Gasteiger partial charge in [0.2, 0.25) is 0 Å². The Morgan fingerprint density at radius 2 is 1.96 bits per heavy atom. The Labute approximate surface area is 167 Å². The fraction of sp³-hybridized carbons (Fsp3) is 0.619. The Morgan fingerprint density at radius 1 is 1.25 bits per heavy atom. The molecule has 2 aliphatic heterocycles. The summed E-state index contributed by atoms with van der Waals surface area (Å²) in [6.45, 7) is 8.33. The van der Waals surface area contributed by atoms with E-state index in [2.05, 4.69) is 16.9 Å².